The topological polar surface area (TPSA) is 75.3 Å². The van der Waals surface area contributed by atoms with Gasteiger partial charge >= 0.3 is 0 Å². The van der Waals surface area contributed by atoms with E-state index in [1.54, 1.807) is 18.2 Å². The molecule has 2 rings (SSSR count). The molecule has 1 aromatic carbocycles. The zero-order chi connectivity index (χ0) is 14.8. The number of nitrogens with one attached hydrogen (secondary N) is 2. The first-order valence-electron chi connectivity index (χ1n) is 6.39. The Morgan fingerprint density at radius 3 is 2.75 bits per heavy atom. The molecule has 20 heavy (non-hydrogen) atoms. The molecule has 6 heteroatoms. The Hall–Kier alpha value is -1.66. The van der Waals surface area contributed by atoms with Crippen LogP contribution in [0.3, 0.4) is 0 Å². The summed E-state index contributed by atoms with van der Waals surface area (Å²) in [5.74, 6) is 0.180. The van der Waals surface area contributed by atoms with E-state index in [4.69, 9.17) is 0 Å². The van der Waals surface area contributed by atoms with Gasteiger partial charge in [0.15, 0.2) is 9.84 Å². The van der Waals surface area contributed by atoms with Crippen molar-refractivity contribution in [3.8, 4) is 0 Å². The van der Waals surface area contributed by atoms with Crippen molar-refractivity contribution < 1.29 is 13.2 Å². The first kappa shape index (κ1) is 14.7. The summed E-state index contributed by atoms with van der Waals surface area (Å²) in [7, 11) is -3.19. The van der Waals surface area contributed by atoms with Gasteiger partial charge in [-0.3, -0.25) is 10.2 Å². The monoisotopic (exact) mass is 294 g/mol. The summed E-state index contributed by atoms with van der Waals surface area (Å²) < 4.78 is 23.0. The maximum Gasteiger partial charge on any atom is 0.234 e. The first-order chi connectivity index (χ1) is 9.36. The van der Waals surface area contributed by atoms with E-state index in [2.05, 4.69) is 10.9 Å². The van der Waals surface area contributed by atoms with Crippen molar-refractivity contribution in [1.29, 1.82) is 0 Å². The number of hydrazine groups is 1. The summed E-state index contributed by atoms with van der Waals surface area (Å²) in [6.45, 7) is 1.99. The highest BCUT2D eigenvalue weighted by Gasteiger charge is 2.22. The minimum absolute atomic E-state index is 0.0128. The molecule has 0 saturated carbocycles. The summed E-state index contributed by atoms with van der Waals surface area (Å²) in [5.41, 5.74) is 6.35. The van der Waals surface area contributed by atoms with E-state index >= 15 is 0 Å². The highest BCUT2D eigenvalue weighted by atomic mass is 32.2. The van der Waals surface area contributed by atoms with E-state index in [-0.39, 0.29) is 17.9 Å². The molecular formula is C14H18N2O3S. The molecule has 1 amide bonds. The van der Waals surface area contributed by atoms with Crippen LogP contribution in [0.2, 0.25) is 0 Å². The zero-order valence-corrected chi connectivity index (χ0v) is 12.3. The zero-order valence-electron chi connectivity index (χ0n) is 11.5. The molecule has 1 heterocycles. The van der Waals surface area contributed by atoms with Crippen LogP contribution in [0.25, 0.3) is 6.08 Å². The third-order valence-electron chi connectivity index (χ3n) is 3.28. The van der Waals surface area contributed by atoms with Crippen LogP contribution >= 0.6 is 0 Å². The van der Waals surface area contributed by atoms with E-state index < -0.39 is 9.84 Å². The van der Waals surface area contributed by atoms with Crippen LogP contribution in [-0.4, -0.2) is 26.6 Å². The van der Waals surface area contributed by atoms with E-state index in [9.17, 15) is 13.2 Å². The maximum absolute atomic E-state index is 11.5. The van der Waals surface area contributed by atoms with Gasteiger partial charge in [0.05, 0.1) is 4.90 Å². The Balaban J connectivity index is 2.14. The van der Waals surface area contributed by atoms with E-state index in [1.807, 2.05) is 25.1 Å². The number of hydrogen-bond donors (Lipinski definition) is 2. The van der Waals surface area contributed by atoms with Crippen LogP contribution in [0.4, 0.5) is 0 Å². The molecule has 1 fully saturated rings. The Labute approximate surface area is 119 Å². The number of hydrogen-bond acceptors (Lipinski definition) is 4. The molecule has 1 aliphatic rings. The number of rotatable bonds is 3. The van der Waals surface area contributed by atoms with Gasteiger partial charge in [-0.25, -0.2) is 13.8 Å². The fraction of sp³-hybridized carbons (Fsp3) is 0.357. The van der Waals surface area contributed by atoms with Crippen LogP contribution < -0.4 is 10.9 Å². The van der Waals surface area contributed by atoms with Crippen LogP contribution in [0.5, 0.6) is 0 Å². The third kappa shape index (κ3) is 3.68. The Morgan fingerprint density at radius 1 is 1.35 bits per heavy atom. The fourth-order valence-electron chi connectivity index (χ4n) is 2.08. The molecule has 0 bridgehead atoms. The smallest absolute Gasteiger partial charge is 0.234 e. The number of carbonyl (C=O) groups is 1. The predicted molar refractivity (Wildman–Crippen MR) is 77.4 cm³/mol. The Morgan fingerprint density at radius 2 is 2.10 bits per heavy atom. The second-order valence-electron chi connectivity index (χ2n) is 5.10. The molecule has 1 saturated heterocycles. The van der Waals surface area contributed by atoms with Gasteiger partial charge in [0, 0.05) is 18.7 Å². The van der Waals surface area contributed by atoms with Crippen molar-refractivity contribution >= 4 is 21.8 Å². The number of amides is 1. The second kappa shape index (κ2) is 5.76. The lowest BCUT2D eigenvalue weighted by Gasteiger charge is -2.27. The minimum Gasteiger partial charge on any atom is -0.291 e. The molecule has 5 nitrogen and oxygen atoms in total. The standard InChI is InChI=1S/C14H18N2O3S/c1-10-8-14(17)16-15-13(10)7-6-11-4-3-5-12(9-11)20(2,18)19/h3-7,9-10,13,15H,8H2,1-2H3,(H,16,17)/b7-6+. The number of sulfone groups is 1. The van der Waals surface area contributed by atoms with Crippen LogP contribution in [0.1, 0.15) is 18.9 Å². The van der Waals surface area contributed by atoms with Gasteiger partial charge < -0.3 is 0 Å². The SMILES string of the molecule is CC1CC(=O)NNC1/C=C/c1cccc(S(C)(=O)=O)c1. The van der Waals surface area contributed by atoms with Crippen molar-refractivity contribution in [3.63, 3.8) is 0 Å². The second-order valence-corrected chi connectivity index (χ2v) is 7.12. The van der Waals surface area contributed by atoms with Gasteiger partial charge in [0.1, 0.15) is 0 Å². The van der Waals surface area contributed by atoms with Crippen LogP contribution in [0.15, 0.2) is 35.2 Å². The van der Waals surface area contributed by atoms with E-state index in [1.165, 1.54) is 6.26 Å². The summed E-state index contributed by atoms with van der Waals surface area (Å²) in [6, 6.07) is 6.81. The first-order valence-corrected chi connectivity index (χ1v) is 8.28. The van der Waals surface area contributed by atoms with Crippen molar-refractivity contribution in [2.75, 3.05) is 6.26 Å². The van der Waals surface area contributed by atoms with E-state index in [0.717, 1.165) is 5.56 Å². The lowest BCUT2D eigenvalue weighted by atomic mass is 9.96. The number of benzene rings is 1. The third-order valence-corrected chi connectivity index (χ3v) is 4.39. The molecule has 1 aliphatic heterocycles. The van der Waals surface area contributed by atoms with Crippen LogP contribution in [-0.2, 0) is 14.6 Å². The average Bonchev–Trinajstić information content (AvgIpc) is 2.37. The molecule has 0 radical (unpaired) electrons. The normalized spacial score (nSPS) is 23.8. The molecule has 0 spiro atoms. The van der Waals surface area contributed by atoms with Gasteiger partial charge in [-0.1, -0.05) is 31.2 Å². The molecule has 2 atom stereocenters. The van der Waals surface area contributed by atoms with Gasteiger partial charge in [-0.2, -0.15) is 0 Å². The highest BCUT2D eigenvalue weighted by Crippen LogP contribution is 2.16. The molecule has 2 N–H and O–H groups in total. The molecular weight excluding hydrogens is 276 g/mol. The van der Waals surface area contributed by atoms with Crippen molar-refractivity contribution in [2.24, 2.45) is 5.92 Å². The van der Waals surface area contributed by atoms with E-state index in [0.29, 0.717) is 11.3 Å². The predicted octanol–water partition coefficient (Wildman–Crippen LogP) is 1.13. The summed E-state index contributed by atoms with van der Waals surface area (Å²) >= 11 is 0. The molecule has 0 aliphatic carbocycles. The maximum atomic E-state index is 11.5. The molecule has 0 aromatic heterocycles. The number of carbonyl (C=O) groups excluding carboxylic acids is 1. The van der Waals surface area contributed by atoms with Crippen molar-refractivity contribution in [3.05, 3.63) is 35.9 Å². The average molecular weight is 294 g/mol. The Kier molecular flexibility index (Phi) is 4.25. The van der Waals surface area contributed by atoms with Gasteiger partial charge in [0.2, 0.25) is 5.91 Å². The van der Waals surface area contributed by atoms with Gasteiger partial charge in [0.25, 0.3) is 0 Å². The quantitative estimate of drug-likeness (QED) is 0.876. The van der Waals surface area contributed by atoms with Crippen molar-refractivity contribution in [1.82, 2.24) is 10.9 Å². The lowest BCUT2D eigenvalue weighted by molar-refractivity contribution is -0.125. The molecule has 108 valence electrons. The summed E-state index contributed by atoms with van der Waals surface area (Å²) in [6.07, 6.45) is 5.47. The highest BCUT2D eigenvalue weighted by molar-refractivity contribution is 7.90. The van der Waals surface area contributed by atoms with Gasteiger partial charge in [-0.15, -0.1) is 0 Å². The summed E-state index contributed by atoms with van der Waals surface area (Å²) in [5, 5.41) is 0. The summed E-state index contributed by atoms with van der Waals surface area (Å²) in [4.78, 5) is 11.5. The molecule has 1 aromatic rings. The van der Waals surface area contributed by atoms with Crippen molar-refractivity contribution in [2.45, 2.75) is 24.3 Å². The largest absolute Gasteiger partial charge is 0.291 e. The van der Waals surface area contributed by atoms with Gasteiger partial charge in [-0.05, 0) is 23.6 Å². The van der Waals surface area contributed by atoms with Crippen LogP contribution in [0, 0.1) is 5.92 Å². The fourth-order valence-corrected chi connectivity index (χ4v) is 2.75. The molecule has 2 unspecified atom stereocenters. The lowest BCUT2D eigenvalue weighted by Crippen LogP contribution is -2.52. The Bertz CT molecular complexity index is 638. The minimum atomic E-state index is -3.19.